The fourth-order valence-electron chi connectivity index (χ4n) is 4.33. The van der Waals surface area contributed by atoms with Crippen LogP contribution in [0.15, 0.2) is 15.7 Å². The Kier molecular flexibility index (Phi) is 5.13. The topological polar surface area (TPSA) is 67.6 Å². The number of aromatic nitrogens is 2. The van der Waals surface area contributed by atoms with Gasteiger partial charge in [0.05, 0.1) is 0 Å². The molecule has 0 radical (unpaired) electrons. The van der Waals surface area contributed by atoms with Crippen molar-refractivity contribution in [1.29, 1.82) is 0 Å². The number of likely N-dealkylation sites (tertiary alicyclic amines) is 2. The van der Waals surface area contributed by atoms with Crippen LogP contribution in [-0.4, -0.2) is 50.0 Å². The molecule has 25 heavy (non-hydrogen) atoms. The minimum Gasteiger partial charge on any atom is -0.338 e. The van der Waals surface area contributed by atoms with E-state index in [9.17, 15) is 14.4 Å². The van der Waals surface area contributed by atoms with E-state index in [0.29, 0.717) is 19.0 Å². The van der Waals surface area contributed by atoms with Crippen molar-refractivity contribution < 1.29 is 4.79 Å². The Balaban J connectivity index is 1.82. The molecule has 0 spiro atoms. The predicted octanol–water partition coefficient (Wildman–Crippen LogP) is 0.449. The van der Waals surface area contributed by atoms with Gasteiger partial charge in [-0.15, -0.1) is 0 Å². The van der Waals surface area contributed by atoms with E-state index < -0.39 is 0 Å². The Morgan fingerprint density at radius 2 is 1.76 bits per heavy atom. The van der Waals surface area contributed by atoms with Gasteiger partial charge in [-0.3, -0.25) is 23.6 Å². The summed E-state index contributed by atoms with van der Waals surface area (Å²) in [5, 5.41) is 0. The fourth-order valence-corrected chi connectivity index (χ4v) is 4.33. The molecule has 0 unspecified atom stereocenters. The van der Waals surface area contributed by atoms with E-state index >= 15 is 0 Å². The van der Waals surface area contributed by atoms with E-state index in [2.05, 4.69) is 4.90 Å². The highest BCUT2D eigenvalue weighted by atomic mass is 16.2. The molecule has 2 aliphatic rings. The summed E-state index contributed by atoms with van der Waals surface area (Å²) in [5.41, 5.74) is 0.186. The Labute approximate surface area is 147 Å². The summed E-state index contributed by atoms with van der Waals surface area (Å²) in [5.74, 6) is 0.232. The van der Waals surface area contributed by atoms with Crippen molar-refractivity contribution in [2.45, 2.75) is 57.7 Å². The Morgan fingerprint density at radius 1 is 1.08 bits per heavy atom. The van der Waals surface area contributed by atoms with Crippen LogP contribution in [0.25, 0.3) is 0 Å². The minimum atomic E-state index is -0.290. The summed E-state index contributed by atoms with van der Waals surface area (Å²) in [7, 11) is 3.21. The highest BCUT2D eigenvalue weighted by Crippen LogP contribution is 2.31. The second kappa shape index (κ2) is 7.15. The normalized spacial score (nSPS) is 24.2. The lowest BCUT2D eigenvalue weighted by Crippen LogP contribution is -2.48. The zero-order valence-corrected chi connectivity index (χ0v) is 15.4. The van der Waals surface area contributed by atoms with E-state index in [1.54, 1.807) is 17.7 Å². The monoisotopic (exact) mass is 348 g/mol. The Morgan fingerprint density at radius 3 is 2.48 bits per heavy atom. The van der Waals surface area contributed by atoms with Crippen molar-refractivity contribution in [3.05, 3.63) is 32.6 Å². The van der Waals surface area contributed by atoms with Crippen molar-refractivity contribution >= 4 is 5.91 Å². The average molecular weight is 348 g/mol. The minimum absolute atomic E-state index is 0.232. The molecule has 2 atom stereocenters. The van der Waals surface area contributed by atoms with E-state index in [0.717, 1.165) is 49.0 Å². The number of carbonyl (C=O) groups is 1. The third-order valence-electron chi connectivity index (χ3n) is 5.77. The first-order valence-corrected chi connectivity index (χ1v) is 9.23. The molecule has 2 fully saturated rings. The van der Waals surface area contributed by atoms with Gasteiger partial charge in [0.15, 0.2) is 0 Å². The number of hydrogen-bond acceptors (Lipinski definition) is 4. The summed E-state index contributed by atoms with van der Waals surface area (Å²) in [6, 6.07) is 2.14. The molecule has 7 nitrogen and oxygen atoms in total. The van der Waals surface area contributed by atoms with Crippen LogP contribution in [0.3, 0.4) is 0 Å². The molecule has 7 heteroatoms. The van der Waals surface area contributed by atoms with Gasteiger partial charge in [0.2, 0.25) is 5.91 Å². The van der Waals surface area contributed by atoms with Gasteiger partial charge in [-0.25, -0.2) is 4.79 Å². The van der Waals surface area contributed by atoms with Gasteiger partial charge in [0.1, 0.15) is 0 Å². The molecule has 138 valence electrons. The quantitative estimate of drug-likeness (QED) is 0.792. The van der Waals surface area contributed by atoms with Gasteiger partial charge < -0.3 is 4.90 Å². The molecular weight excluding hydrogens is 320 g/mol. The maximum Gasteiger partial charge on any atom is 0.330 e. The van der Waals surface area contributed by atoms with E-state index in [-0.39, 0.29) is 23.2 Å². The molecule has 1 amide bonds. The molecular formula is C18H28N4O3. The smallest absolute Gasteiger partial charge is 0.330 e. The van der Waals surface area contributed by atoms with Crippen LogP contribution in [0.2, 0.25) is 0 Å². The van der Waals surface area contributed by atoms with Gasteiger partial charge in [0, 0.05) is 57.4 Å². The van der Waals surface area contributed by atoms with Crippen molar-refractivity contribution in [1.82, 2.24) is 18.9 Å². The first-order valence-electron chi connectivity index (χ1n) is 9.23. The van der Waals surface area contributed by atoms with Crippen molar-refractivity contribution in [3.63, 3.8) is 0 Å². The van der Waals surface area contributed by atoms with Gasteiger partial charge >= 0.3 is 5.69 Å². The highest BCUT2D eigenvalue weighted by Gasteiger charge is 2.39. The predicted molar refractivity (Wildman–Crippen MR) is 95.4 cm³/mol. The maximum absolute atomic E-state index is 12.2. The lowest BCUT2D eigenvalue weighted by atomic mass is 10.0. The van der Waals surface area contributed by atoms with Crippen molar-refractivity contribution in [2.24, 2.45) is 14.1 Å². The zero-order chi connectivity index (χ0) is 18.1. The lowest BCUT2D eigenvalue weighted by molar-refractivity contribution is -0.132. The van der Waals surface area contributed by atoms with Crippen LogP contribution in [0, 0.1) is 0 Å². The van der Waals surface area contributed by atoms with Gasteiger partial charge in [-0.1, -0.05) is 6.92 Å². The van der Waals surface area contributed by atoms with E-state index in [1.165, 1.54) is 7.05 Å². The third kappa shape index (κ3) is 3.29. The van der Waals surface area contributed by atoms with Gasteiger partial charge in [0.25, 0.3) is 5.56 Å². The SMILES string of the molecule is CCC(=O)N1CCC[C@H]1[C@H]1CCCN1Cc1cc(=O)n(C)c(=O)n1C. The molecule has 3 heterocycles. The number of nitrogens with zero attached hydrogens (tertiary/aromatic N) is 4. The molecule has 0 saturated carbocycles. The molecule has 3 rings (SSSR count). The maximum atomic E-state index is 12.2. The summed E-state index contributed by atoms with van der Waals surface area (Å²) < 4.78 is 2.68. The number of hydrogen-bond donors (Lipinski definition) is 0. The van der Waals surface area contributed by atoms with E-state index in [4.69, 9.17) is 0 Å². The lowest BCUT2D eigenvalue weighted by Gasteiger charge is -2.35. The summed E-state index contributed by atoms with van der Waals surface area (Å²) in [6.07, 6.45) is 4.81. The molecule has 0 aliphatic carbocycles. The highest BCUT2D eigenvalue weighted by molar-refractivity contribution is 5.76. The Hall–Kier alpha value is -1.89. The van der Waals surface area contributed by atoms with Crippen LogP contribution in [-0.2, 0) is 25.4 Å². The first-order chi connectivity index (χ1) is 11.9. The second-order valence-corrected chi connectivity index (χ2v) is 7.20. The molecule has 0 N–H and O–H groups in total. The molecule has 0 aromatic carbocycles. The first kappa shape index (κ1) is 17.9. The molecule has 0 bridgehead atoms. The van der Waals surface area contributed by atoms with Crippen molar-refractivity contribution in [3.8, 4) is 0 Å². The van der Waals surface area contributed by atoms with Crippen LogP contribution in [0.5, 0.6) is 0 Å². The standard InChI is InChI=1S/C18H28N4O3/c1-4-16(23)22-10-6-8-15(22)14-7-5-9-21(14)12-13-11-17(24)20(3)18(25)19(13)2/h11,14-15H,4-10,12H2,1-3H3/t14-,15+/m1/s1. The summed E-state index contributed by atoms with van der Waals surface area (Å²) in [4.78, 5) is 40.8. The second-order valence-electron chi connectivity index (χ2n) is 7.20. The van der Waals surface area contributed by atoms with Gasteiger partial charge in [-0.2, -0.15) is 0 Å². The fraction of sp³-hybridized carbons (Fsp3) is 0.722. The van der Waals surface area contributed by atoms with Crippen molar-refractivity contribution in [2.75, 3.05) is 13.1 Å². The molecule has 2 aliphatic heterocycles. The van der Waals surface area contributed by atoms with Gasteiger partial charge in [-0.05, 0) is 32.2 Å². The summed E-state index contributed by atoms with van der Waals surface area (Å²) in [6.45, 7) is 4.29. The summed E-state index contributed by atoms with van der Waals surface area (Å²) >= 11 is 0. The number of carbonyl (C=O) groups excluding carboxylic acids is 1. The average Bonchev–Trinajstić information content (AvgIpc) is 3.25. The Bertz CT molecular complexity index is 767. The van der Waals surface area contributed by atoms with E-state index in [1.807, 2.05) is 11.8 Å². The van der Waals surface area contributed by atoms with Crippen LogP contribution >= 0.6 is 0 Å². The number of rotatable bonds is 4. The molecule has 1 aromatic heterocycles. The zero-order valence-electron chi connectivity index (χ0n) is 15.4. The molecule has 1 aromatic rings. The molecule has 2 saturated heterocycles. The van der Waals surface area contributed by atoms with Crippen LogP contribution in [0.4, 0.5) is 0 Å². The number of amides is 1. The third-order valence-corrected chi connectivity index (χ3v) is 5.77. The van der Waals surface area contributed by atoms with Crippen LogP contribution < -0.4 is 11.2 Å². The van der Waals surface area contributed by atoms with Crippen LogP contribution in [0.1, 0.15) is 44.7 Å². The largest absolute Gasteiger partial charge is 0.338 e.